The summed E-state index contributed by atoms with van der Waals surface area (Å²) in [5.41, 5.74) is -2.03. The van der Waals surface area contributed by atoms with Gasteiger partial charge in [0.2, 0.25) is 11.7 Å². The Kier molecular flexibility index (Phi) is 9.84. The van der Waals surface area contributed by atoms with E-state index in [0.717, 1.165) is 17.7 Å². The van der Waals surface area contributed by atoms with Gasteiger partial charge < -0.3 is 19.1 Å². The number of fused-ring (bicyclic) bond motifs is 3. The van der Waals surface area contributed by atoms with Gasteiger partial charge in [0.05, 0.1) is 19.2 Å². The topological polar surface area (TPSA) is 95.8 Å². The van der Waals surface area contributed by atoms with Crippen molar-refractivity contribution in [2.75, 3.05) is 20.2 Å². The molecule has 5 rings (SSSR count). The predicted molar refractivity (Wildman–Crippen MR) is 159 cm³/mol. The molecule has 15 heteroatoms. The summed E-state index contributed by atoms with van der Waals surface area (Å²) in [6, 6.07) is 7.82. The maximum Gasteiger partial charge on any atom is 0.420 e. The summed E-state index contributed by atoms with van der Waals surface area (Å²) in [6.45, 7) is 5.96. The first-order chi connectivity index (χ1) is 22.1. The van der Waals surface area contributed by atoms with Gasteiger partial charge in [-0.1, -0.05) is 23.7 Å². The molecule has 1 saturated heterocycles. The molecular weight excluding hydrogens is 651 g/mol. The molecule has 0 N–H and O–H groups in total. The van der Waals surface area contributed by atoms with Crippen LogP contribution in [0.3, 0.4) is 0 Å². The third-order valence-electron chi connectivity index (χ3n) is 8.06. The van der Waals surface area contributed by atoms with Crippen molar-refractivity contribution in [1.29, 1.82) is 0 Å². The Labute approximate surface area is 272 Å². The van der Waals surface area contributed by atoms with E-state index in [9.17, 15) is 31.5 Å². The van der Waals surface area contributed by atoms with E-state index in [1.54, 1.807) is 25.7 Å². The highest BCUT2D eigenvalue weighted by molar-refractivity contribution is 6.30. The van der Waals surface area contributed by atoms with E-state index in [2.05, 4.69) is 10.2 Å². The Morgan fingerprint density at radius 2 is 1.74 bits per heavy atom. The zero-order chi connectivity index (χ0) is 34.3. The van der Waals surface area contributed by atoms with Gasteiger partial charge in [0, 0.05) is 35.7 Å². The normalized spacial score (nSPS) is 18.8. The van der Waals surface area contributed by atoms with Gasteiger partial charge in [0.1, 0.15) is 29.1 Å². The molecule has 2 aromatic carbocycles. The van der Waals surface area contributed by atoms with Crippen LogP contribution >= 0.6 is 11.6 Å². The van der Waals surface area contributed by atoms with Gasteiger partial charge >= 0.3 is 12.1 Å². The van der Waals surface area contributed by atoms with E-state index >= 15 is 0 Å². The molecule has 0 unspecified atom stereocenters. The molecule has 0 spiro atoms. The second kappa shape index (κ2) is 13.4. The number of ether oxygens (including phenoxy) is 3. The molecule has 3 aromatic rings. The van der Waals surface area contributed by atoms with Crippen LogP contribution < -0.4 is 4.74 Å². The highest BCUT2D eigenvalue weighted by Crippen LogP contribution is 2.48. The Hall–Kier alpha value is -3.78. The third kappa shape index (κ3) is 7.53. The molecule has 2 atom stereocenters. The maximum atomic E-state index is 14.5. The Morgan fingerprint density at radius 3 is 2.36 bits per heavy atom. The van der Waals surface area contributed by atoms with Crippen LogP contribution in [0, 0.1) is 5.92 Å². The van der Waals surface area contributed by atoms with E-state index in [1.807, 2.05) is 0 Å². The molecule has 0 radical (unpaired) electrons. The van der Waals surface area contributed by atoms with Gasteiger partial charge in [-0.05, 0) is 63.8 Å². The molecule has 254 valence electrons. The Bertz CT molecular complexity index is 1630. The van der Waals surface area contributed by atoms with Crippen molar-refractivity contribution in [3.63, 3.8) is 0 Å². The largest absolute Gasteiger partial charge is 0.496 e. The number of halogens is 6. The number of aromatic nitrogens is 3. The van der Waals surface area contributed by atoms with E-state index in [1.165, 1.54) is 30.3 Å². The molecule has 2 aliphatic rings. The molecule has 9 nitrogen and oxygen atoms in total. The number of hydrogen-bond acceptors (Lipinski definition) is 7. The number of rotatable bonds is 7. The molecular formula is C32H34ClF5N4O5. The first-order valence-electron chi connectivity index (χ1n) is 15.0. The number of nitrogens with zero attached hydrogens (tertiary/aromatic N) is 4. The summed E-state index contributed by atoms with van der Waals surface area (Å²) in [7, 11) is 1.10. The average Bonchev–Trinajstić information content (AvgIpc) is 3.38. The van der Waals surface area contributed by atoms with Crippen LogP contribution in [0.4, 0.5) is 22.0 Å². The fourth-order valence-corrected chi connectivity index (χ4v) is 6.24. The van der Waals surface area contributed by atoms with Crippen molar-refractivity contribution in [1.82, 2.24) is 19.7 Å². The molecule has 1 amide bonds. The quantitative estimate of drug-likeness (QED) is 0.189. The number of benzene rings is 2. The van der Waals surface area contributed by atoms with Gasteiger partial charge in [0.15, 0.2) is 5.82 Å². The summed E-state index contributed by atoms with van der Waals surface area (Å²) in [5.74, 6) is -2.17. The van der Waals surface area contributed by atoms with Crippen LogP contribution in [-0.4, -0.2) is 57.3 Å². The van der Waals surface area contributed by atoms with Gasteiger partial charge in [0.25, 0.3) is 6.43 Å². The summed E-state index contributed by atoms with van der Waals surface area (Å²) < 4.78 is 90.0. The zero-order valence-corrected chi connectivity index (χ0v) is 26.9. The molecule has 2 aliphatic heterocycles. The number of piperidine rings is 1. The van der Waals surface area contributed by atoms with Crippen LogP contribution in [0.5, 0.6) is 5.75 Å². The van der Waals surface area contributed by atoms with Crippen LogP contribution in [0.1, 0.15) is 93.4 Å². The van der Waals surface area contributed by atoms with Crippen molar-refractivity contribution in [2.24, 2.45) is 5.92 Å². The maximum absolute atomic E-state index is 14.5. The molecule has 0 bridgehead atoms. The first kappa shape index (κ1) is 34.6. The first-order valence-corrected chi connectivity index (χ1v) is 15.4. The highest BCUT2D eigenvalue weighted by atomic mass is 35.5. The van der Waals surface area contributed by atoms with Crippen molar-refractivity contribution < 1.29 is 45.8 Å². The van der Waals surface area contributed by atoms with Crippen LogP contribution in [0.2, 0.25) is 5.02 Å². The predicted octanol–water partition coefficient (Wildman–Crippen LogP) is 7.41. The zero-order valence-electron chi connectivity index (χ0n) is 26.1. The minimum atomic E-state index is -4.89. The van der Waals surface area contributed by atoms with Gasteiger partial charge in [-0.15, -0.1) is 10.2 Å². The lowest BCUT2D eigenvalue weighted by Gasteiger charge is -2.33. The minimum absolute atomic E-state index is 0.00259. The van der Waals surface area contributed by atoms with Crippen molar-refractivity contribution >= 4 is 23.5 Å². The second-order valence-electron chi connectivity index (χ2n) is 12.5. The van der Waals surface area contributed by atoms with Gasteiger partial charge in [-0.2, -0.15) is 13.2 Å². The van der Waals surface area contributed by atoms with Crippen LogP contribution in [-0.2, 0) is 25.2 Å². The van der Waals surface area contributed by atoms with E-state index in [4.69, 9.17) is 25.8 Å². The molecule has 0 saturated carbocycles. The van der Waals surface area contributed by atoms with Gasteiger partial charge in [-0.25, -0.2) is 8.78 Å². The average molecular weight is 685 g/mol. The fraction of sp³-hybridized carbons (Fsp3) is 0.500. The van der Waals surface area contributed by atoms with Crippen molar-refractivity contribution in [3.8, 4) is 11.4 Å². The molecule has 47 heavy (non-hydrogen) atoms. The number of carbonyl (C=O) groups excluding carboxylic acids is 2. The third-order valence-corrected chi connectivity index (χ3v) is 8.29. The number of esters is 1. The summed E-state index contributed by atoms with van der Waals surface area (Å²) in [5, 5.41) is 7.72. The number of methoxy groups -OCH3 is 1. The number of likely N-dealkylation sites (tertiary alicyclic amines) is 1. The number of hydrogen-bond donors (Lipinski definition) is 0. The number of carbonyl (C=O) groups is 2. The SMILES string of the molecule is COc1cccc([C@H]2O[C@H](CC(=O)N3CCC(CC(=O)OC(C)(C)C)CC3)c3nnc(C(F)F)n3-c3ccc(Cl)cc32)c1C(F)(F)F. The standard InChI is InChI=1S/C32H34ClF5N4O5/c1-31(2,3)47-25(44)14-17-10-12-41(13-11-17)24(43)16-23-29-39-40-30(28(34)35)42(29)21-9-8-18(33)15-20(21)27(46-23)19-6-5-7-22(45-4)26(19)32(36,37)38/h5-9,15,17,23,27-28H,10-14,16H2,1-4H3/t23-,27-/m1/s1. The Morgan fingerprint density at radius 1 is 1.04 bits per heavy atom. The smallest absolute Gasteiger partial charge is 0.420 e. The van der Waals surface area contributed by atoms with Gasteiger partial charge in [-0.3, -0.25) is 14.2 Å². The molecule has 1 fully saturated rings. The lowest BCUT2D eigenvalue weighted by atomic mass is 9.93. The fourth-order valence-electron chi connectivity index (χ4n) is 6.06. The number of alkyl halides is 5. The lowest BCUT2D eigenvalue weighted by molar-refractivity contribution is -0.156. The van der Waals surface area contributed by atoms with Crippen molar-refractivity contribution in [2.45, 2.75) is 76.9 Å². The van der Waals surface area contributed by atoms with E-state index < -0.39 is 59.9 Å². The van der Waals surface area contributed by atoms with E-state index in [0.29, 0.717) is 25.9 Å². The minimum Gasteiger partial charge on any atom is -0.496 e. The second-order valence-corrected chi connectivity index (χ2v) is 12.9. The molecule has 1 aromatic heterocycles. The van der Waals surface area contributed by atoms with E-state index in [-0.39, 0.29) is 46.0 Å². The van der Waals surface area contributed by atoms with Crippen LogP contribution in [0.15, 0.2) is 36.4 Å². The summed E-state index contributed by atoms with van der Waals surface area (Å²) in [6.07, 6.45) is -10.1. The van der Waals surface area contributed by atoms with Crippen molar-refractivity contribution in [3.05, 3.63) is 69.8 Å². The Balaban J connectivity index is 1.50. The summed E-state index contributed by atoms with van der Waals surface area (Å²) in [4.78, 5) is 27.5. The van der Waals surface area contributed by atoms with Crippen LogP contribution in [0.25, 0.3) is 5.69 Å². The molecule has 0 aliphatic carbocycles. The lowest BCUT2D eigenvalue weighted by Crippen LogP contribution is -2.40. The molecule has 3 heterocycles. The summed E-state index contributed by atoms with van der Waals surface area (Å²) >= 11 is 6.29. The number of amides is 1. The highest BCUT2D eigenvalue weighted by Gasteiger charge is 2.43. The monoisotopic (exact) mass is 684 g/mol.